The molecule has 0 fully saturated rings. The van der Waals surface area contributed by atoms with Crippen LogP contribution in [0.5, 0.6) is 0 Å². The predicted molar refractivity (Wildman–Crippen MR) is 121 cm³/mol. The first kappa shape index (κ1) is 22.5. The Bertz CT molecular complexity index is 1370. The number of nitrogens with zero attached hydrogens (tertiary/aromatic N) is 4. The second kappa shape index (κ2) is 8.91. The molecule has 0 saturated carbocycles. The average Bonchev–Trinajstić information content (AvgIpc) is 2.69. The van der Waals surface area contributed by atoms with Gasteiger partial charge in [0.05, 0.1) is 29.9 Å². The lowest BCUT2D eigenvalue weighted by Gasteiger charge is -2.22. The number of benzene rings is 1. The van der Waals surface area contributed by atoms with E-state index in [1.54, 1.807) is 37.3 Å². The van der Waals surface area contributed by atoms with Crippen LogP contribution in [0.25, 0.3) is 0 Å². The zero-order valence-corrected chi connectivity index (χ0v) is 18.4. The number of anilines is 1. The first-order chi connectivity index (χ1) is 15.1. The molecule has 2 heterocycles. The summed E-state index contributed by atoms with van der Waals surface area (Å²) < 4.78 is 1.41. The van der Waals surface area contributed by atoms with Gasteiger partial charge in [0.15, 0.2) is 0 Å². The fourth-order valence-electron chi connectivity index (χ4n) is 4.01. The summed E-state index contributed by atoms with van der Waals surface area (Å²) in [5, 5.41) is 19.5. The molecule has 3 aromatic rings. The number of hydrogen-bond donors (Lipinski definition) is 2. The normalized spacial score (nSPS) is 11.7. The minimum absolute atomic E-state index is 0.104. The van der Waals surface area contributed by atoms with Crippen molar-refractivity contribution in [2.75, 3.05) is 5.73 Å². The minimum atomic E-state index is -0.922. The number of nitrogens with one attached hydrogen (secondary N) is 1. The first-order valence-electron chi connectivity index (χ1n) is 10.2. The number of nitriles is 2. The molecular weight excluding hydrogens is 404 g/mol. The lowest BCUT2D eigenvalue weighted by Crippen LogP contribution is -2.37. The number of aromatic amines is 1. The van der Waals surface area contributed by atoms with Crippen molar-refractivity contribution in [2.24, 2.45) is 0 Å². The molecule has 0 radical (unpaired) electrons. The van der Waals surface area contributed by atoms with E-state index in [0.717, 1.165) is 11.1 Å². The van der Waals surface area contributed by atoms with Crippen LogP contribution in [0.15, 0.2) is 39.9 Å². The summed E-state index contributed by atoms with van der Waals surface area (Å²) in [6, 6.07) is 12.9. The molecule has 162 valence electrons. The Morgan fingerprint density at radius 2 is 1.84 bits per heavy atom. The number of nitrogens with two attached hydrogens (primary N) is 1. The maximum atomic E-state index is 13.0. The number of H-pyrrole nitrogens is 1. The molecule has 1 atom stereocenters. The van der Waals surface area contributed by atoms with E-state index in [4.69, 9.17) is 5.73 Å². The summed E-state index contributed by atoms with van der Waals surface area (Å²) >= 11 is 0. The average molecular weight is 428 g/mol. The fraction of sp³-hybridized carbons (Fsp3) is 0.292. The van der Waals surface area contributed by atoms with Crippen molar-refractivity contribution in [1.29, 1.82) is 10.5 Å². The molecule has 8 nitrogen and oxygen atoms in total. The number of aryl methyl sites for hydroxylation is 2. The molecule has 0 aliphatic rings. The third kappa shape index (κ3) is 4.45. The van der Waals surface area contributed by atoms with Crippen LogP contribution >= 0.6 is 0 Å². The summed E-state index contributed by atoms with van der Waals surface area (Å²) in [6.45, 7) is 7.40. The minimum Gasteiger partial charge on any atom is -0.384 e. The van der Waals surface area contributed by atoms with E-state index in [1.807, 2.05) is 20.8 Å². The van der Waals surface area contributed by atoms with Gasteiger partial charge in [0.2, 0.25) is 0 Å². The van der Waals surface area contributed by atoms with E-state index in [0.29, 0.717) is 33.9 Å². The number of rotatable bonds is 5. The fourth-order valence-corrected chi connectivity index (χ4v) is 4.01. The predicted octanol–water partition coefficient (Wildman–Crippen LogP) is 2.83. The smallest absolute Gasteiger partial charge is 0.328 e. The Morgan fingerprint density at radius 1 is 1.12 bits per heavy atom. The SMILES string of the molecule is Cc1cc(C#N)cc(C(C#N)c2c(C(C)C)c(=O)[nH]c(=O)n2Cc2cc(C)nc(N)c2)c1. The largest absolute Gasteiger partial charge is 0.384 e. The van der Waals surface area contributed by atoms with Gasteiger partial charge in [-0.2, -0.15) is 10.5 Å². The third-order valence-corrected chi connectivity index (χ3v) is 5.19. The van der Waals surface area contributed by atoms with Crippen LogP contribution in [0.3, 0.4) is 0 Å². The molecule has 0 saturated heterocycles. The highest BCUT2D eigenvalue weighted by Crippen LogP contribution is 2.30. The van der Waals surface area contributed by atoms with Gasteiger partial charge in [-0.1, -0.05) is 19.9 Å². The van der Waals surface area contributed by atoms with E-state index >= 15 is 0 Å². The zero-order valence-electron chi connectivity index (χ0n) is 18.4. The lowest BCUT2D eigenvalue weighted by molar-refractivity contribution is 0.633. The molecule has 0 bridgehead atoms. The highest BCUT2D eigenvalue weighted by molar-refractivity contribution is 5.46. The van der Waals surface area contributed by atoms with E-state index in [-0.39, 0.29) is 12.5 Å². The van der Waals surface area contributed by atoms with E-state index in [2.05, 4.69) is 22.1 Å². The molecule has 2 aromatic heterocycles. The summed E-state index contributed by atoms with van der Waals surface area (Å²) in [6.07, 6.45) is 0. The molecule has 8 heteroatoms. The van der Waals surface area contributed by atoms with Gasteiger partial charge in [-0.25, -0.2) is 9.78 Å². The molecule has 3 N–H and O–H groups in total. The molecule has 0 amide bonds. The number of hydrogen-bond acceptors (Lipinski definition) is 6. The monoisotopic (exact) mass is 428 g/mol. The Hall–Kier alpha value is -4.17. The summed E-state index contributed by atoms with van der Waals surface area (Å²) in [5.41, 5.74) is 8.60. The maximum Gasteiger partial charge on any atom is 0.328 e. The molecule has 1 aromatic carbocycles. The highest BCUT2D eigenvalue weighted by atomic mass is 16.2. The van der Waals surface area contributed by atoms with Gasteiger partial charge in [-0.3, -0.25) is 14.3 Å². The Kier molecular flexibility index (Phi) is 6.27. The summed E-state index contributed by atoms with van der Waals surface area (Å²) in [7, 11) is 0. The quantitative estimate of drug-likeness (QED) is 0.640. The third-order valence-electron chi connectivity index (χ3n) is 5.19. The number of pyridine rings is 1. The Morgan fingerprint density at radius 3 is 2.44 bits per heavy atom. The lowest BCUT2D eigenvalue weighted by atomic mass is 9.88. The zero-order chi connectivity index (χ0) is 23.6. The van der Waals surface area contributed by atoms with Crippen LogP contribution in [0, 0.1) is 36.5 Å². The van der Waals surface area contributed by atoms with Crippen molar-refractivity contribution in [3.8, 4) is 12.1 Å². The van der Waals surface area contributed by atoms with Gasteiger partial charge in [-0.15, -0.1) is 0 Å². The topological polar surface area (TPSA) is 141 Å². The van der Waals surface area contributed by atoms with Gasteiger partial charge in [-0.05, 0) is 60.7 Å². The molecular formula is C24H24N6O2. The van der Waals surface area contributed by atoms with Crippen molar-refractivity contribution in [3.05, 3.63) is 90.4 Å². The number of aromatic nitrogens is 3. The van der Waals surface area contributed by atoms with Gasteiger partial charge in [0.25, 0.3) is 5.56 Å². The van der Waals surface area contributed by atoms with Gasteiger partial charge < -0.3 is 5.73 Å². The first-order valence-corrected chi connectivity index (χ1v) is 10.2. The molecule has 32 heavy (non-hydrogen) atoms. The van der Waals surface area contributed by atoms with Crippen LogP contribution < -0.4 is 17.0 Å². The van der Waals surface area contributed by atoms with Crippen LogP contribution in [-0.4, -0.2) is 14.5 Å². The van der Waals surface area contributed by atoms with Gasteiger partial charge in [0.1, 0.15) is 11.7 Å². The summed E-state index contributed by atoms with van der Waals surface area (Å²) in [4.78, 5) is 32.3. The van der Waals surface area contributed by atoms with Crippen molar-refractivity contribution < 1.29 is 0 Å². The molecule has 1 unspecified atom stereocenters. The Balaban J connectivity index is 2.35. The van der Waals surface area contributed by atoms with Crippen LogP contribution in [0.4, 0.5) is 5.82 Å². The van der Waals surface area contributed by atoms with E-state index in [1.165, 1.54) is 4.57 Å². The molecule has 3 rings (SSSR count). The second-order valence-corrected chi connectivity index (χ2v) is 8.15. The van der Waals surface area contributed by atoms with Crippen LogP contribution in [-0.2, 0) is 6.54 Å². The highest BCUT2D eigenvalue weighted by Gasteiger charge is 2.27. The molecule has 0 aliphatic carbocycles. The van der Waals surface area contributed by atoms with Crippen molar-refractivity contribution in [3.63, 3.8) is 0 Å². The molecule has 0 aliphatic heterocycles. The van der Waals surface area contributed by atoms with Crippen LogP contribution in [0.1, 0.15) is 64.9 Å². The maximum absolute atomic E-state index is 13.0. The van der Waals surface area contributed by atoms with Gasteiger partial charge in [0, 0.05) is 11.3 Å². The van der Waals surface area contributed by atoms with Crippen molar-refractivity contribution >= 4 is 5.82 Å². The van der Waals surface area contributed by atoms with E-state index < -0.39 is 17.2 Å². The standard InChI is InChI=1S/C24H24N6O2/c1-13(2)21-22(19(11-26)18-6-14(3)5-16(8-18)10-25)30(24(32)29-23(21)31)12-17-7-15(4)28-20(27)9-17/h5-9,13,19H,12H2,1-4H3,(H2,27,28)(H,29,31,32). The number of nitrogen functional groups attached to an aromatic ring is 1. The van der Waals surface area contributed by atoms with Crippen LogP contribution in [0.2, 0.25) is 0 Å². The second-order valence-electron chi connectivity index (χ2n) is 8.15. The van der Waals surface area contributed by atoms with Crippen molar-refractivity contribution in [2.45, 2.75) is 46.1 Å². The molecule has 0 spiro atoms. The van der Waals surface area contributed by atoms with E-state index in [9.17, 15) is 20.1 Å². The summed E-state index contributed by atoms with van der Waals surface area (Å²) in [5.74, 6) is -0.854. The van der Waals surface area contributed by atoms with Crippen molar-refractivity contribution in [1.82, 2.24) is 14.5 Å². The Labute approximate surface area is 185 Å². The van der Waals surface area contributed by atoms with Gasteiger partial charge >= 0.3 is 5.69 Å².